The Kier molecular flexibility index (Phi) is 6.14. The summed E-state index contributed by atoms with van der Waals surface area (Å²) in [7, 11) is 1.74. The van der Waals surface area contributed by atoms with E-state index in [-0.39, 0.29) is 19.2 Å². The number of benzene rings is 2. The minimum absolute atomic E-state index is 0. The summed E-state index contributed by atoms with van der Waals surface area (Å²) >= 11 is 1.56. The quantitative estimate of drug-likeness (QED) is 0.654. The second kappa shape index (κ2) is 9.00. The van der Waals surface area contributed by atoms with Crippen molar-refractivity contribution in [1.29, 1.82) is 0 Å². The fourth-order valence-corrected chi connectivity index (χ4v) is 4.90. The van der Waals surface area contributed by atoms with Crippen LogP contribution in [0.3, 0.4) is 0 Å². The minimum atomic E-state index is -0.690. The van der Waals surface area contributed by atoms with Crippen molar-refractivity contribution in [2.75, 3.05) is 17.7 Å². The fourth-order valence-electron chi connectivity index (χ4n) is 3.76. The van der Waals surface area contributed by atoms with Crippen LogP contribution < -0.4 is 10.2 Å². The molecule has 1 aromatic heterocycles. The van der Waals surface area contributed by atoms with Gasteiger partial charge in [-0.05, 0) is 35.2 Å². The summed E-state index contributed by atoms with van der Waals surface area (Å²) in [6.07, 6.45) is 5.54. The van der Waals surface area contributed by atoms with Crippen LogP contribution in [0, 0.1) is 0 Å². The molecule has 1 N–H and O–H groups in total. The van der Waals surface area contributed by atoms with Gasteiger partial charge >= 0.3 is 11.8 Å². The number of amides is 2. The molecule has 2 aromatic carbocycles. The van der Waals surface area contributed by atoms with Gasteiger partial charge in [-0.25, -0.2) is 0 Å². The molecule has 2 heterocycles. The molecule has 0 unspecified atom stereocenters. The average molecular weight is 449 g/mol. The summed E-state index contributed by atoms with van der Waals surface area (Å²) in [6, 6.07) is 13.2. The van der Waals surface area contributed by atoms with E-state index in [0.29, 0.717) is 18.1 Å². The Balaban J connectivity index is 0.00000245. The molecule has 1 atom stereocenters. The van der Waals surface area contributed by atoms with Gasteiger partial charge in [0.2, 0.25) is 11.8 Å². The number of aromatic nitrogens is 2. The van der Waals surface area contributed by atoms with Crippen molar-refractivity contribution in [3.8, 4) is 0 Å². The molecule has 2 amide bonds. The third-order valence-corrected chi connectivity index (χ3v) is 6.55. The van der Waals surface area contributed by atoms with Gasteiger partial charge in [-0.2, -0.15) is 0 Å². The van der Waals surface area contributed by atoms with Gasteiger partial charge in [0.05, 0.1) is 12.1 Å². The van der Waals surface area contributed by atoms with Crippen molar-refractivity contribution in [3.63, 3.8) is 0 Å². The topological polar surface area (TPSA) is 88.3 Å². The van der Waals surface area contributed by atoms with E-state index < -0.39 is 11.9 Å². The second-order valence-corrected chi connectivity index (χ2v) is 8.58. The predicted octanol–water partition coefficient (Wildman–Crippen LogP) is 3.73. The molecule has 8 heteroatoms. The molecule has 0 radical (unpaired) electrons. The molecule has 0 fully saturated rings. The van der Waals surface area contributed by atoms with Crippen LogP contribution in [0.2, 0.25) is 0 Å². The van der Waals surface area contributed by atoms with E-state index >= 15 is 0 Å². The summed E-state index contributed by atoms with van der Waals surface area (Å²) < 4.78 is 5.53. The van der Waals surface area contributed by atoms with Crippen molar-refractivity contribution in [2.24, 2.45) is 0 Å². The lowest BCUT2D eigenvalue weighted by molar-refractivity contribution is -0.119. The molecular formula is C24H24N4O3S. The van der Waals surface area contributed by atoms with Crippen LogP contribution in [0.25, 0.3) is 6.08 Å². The van der Waals surface area contributed by atoms with Crippen LogP contribution in [-0.2, 0) is 17.6 Å². The van der Waals surface area contributed by atoms with Gasteiger partial charge in [-0.1, -0.05) is 49.9 Å². The van der Waals surface area contributed by atoms with E-state index in [9.17, 15) is 9.59 Å². The van der Waals surface area contributed by atoms with Crippen molar-refractivity contribution >= 4 is 35.3 Å². The number of fused-ring (bicyclic) bond motifs is 2. The zero-order valence-corrected chi connectivity index (χ0v) is 17.7. The van der Waals surface area contributed by atoms with Crippen LogP contribution in [-0.4, -0.2) is 40.9 Å². The summed E-state index contributed by atoms with van der Waals surface area (Å²) in [6.45, 7) is 0. The normalized spacial score (nSPS) is 16.7. The predicted molar refractivity (Wildman–Crippen MR) is 125 cm³/mol. The molecule has 2 aliphatic rings. The molecule has 164 valence electrons. The van der Waals surface area contributed by atoms with Gasteiger partial charge in [0, 0.05) is 17.7 Å². The first-order chi connectivity index (χ1) is 15.1. The zero-order valence-electron chi connectivity index (χ0n) is 16.9. The van der Waals surface area contributed by atoms with Crippen LogP contribution in [0.1, 0.15) is 40.7 Å². The Morgan fingerprint density at radius 1 is 1.25 bits per heavy atom. The highest BCUT2D eigenvalue weighted by Crippen LogP contribution is 2.38. The van der Waals surface area contributed by atoms with Gasteiger partial charge in [0.15, 0.2) is 0 Å². The van der Waals surface area contributed by atoms with Gasteiger partial charge in [0.1, 0.15) is 6.04 Å². The van der Waals surface area contributed by atoms with Gasteiger partial charge in [-0.15, -0.1) is 22.0 Å². The third kappa shape index (κ3) is 4.18. The van der Waals surface area contributed by atoms with E-state index in [2.05, 4.69) is 33.7 Å². The first-order valence-corrected chi connectivity index (χ1v) is 11.0. The lowest BCUT2D eigenvalue weighted by Crippen LogP contribution is -2.48. The fraction of sp³-hybridized carbons (Fsp3) is 0.250. The molecule has 0 spiro atoms. The Morgan fingerprint density at radius 2 is 2.06 bits per heavy atom. The Morgan fingerprint density at radius 3 is 2.88 bits per heavy atom. The number of anilines is 1. The maximum absolute atomic E-state index is 13.0. The smallest absolute Gasteiger partial charge is 0.309 e. The van der Waals surface area contributed by atoms with E-state index in [1.165, 1.54) is 5.56 Å². The monoisotopic (exact) mass is 448 g/mol. The number of carbonyl (C=O) groups excluding carboxylic acids is 2. The van der Waals surface area contributed by atoms with E-state index in [1.807, 2.05) is 36.4 Å². The maximum atomic E-state index is 13.0. The van der Waals surface area contributed by atoms with E-state index in [1.54, 1.807) is 23.7 Å². The Bertz CT molecular complexity index is 1190. The highest BCUT2D eigenvalue weighted by atomic mass is 32.2. The number of hydrogen-bond acceptors (Lipinski definition) is 6. The first-order valence-electron chi connectivity index (χ1n) is 9.99. The molecule has 0 saturated heterocycles. The Labute approximate surface area is 190 Å². The molecule has 0 bridgehead atoms. The van der Waals surface area contributed by atoms with Crippen molar-refractivity contribution in [2.45, 2.75) is 31.2 Å². The molecule has 5 rings (SSSR count). The van der Waals surface area contributed by atoms with E-state index in [4.69, 9.17) is 4.42 Å². The van der Waals surface area contributed by atoms with Gasteiger partial charge in [0.25, 0.3) is 0 Å². The van der Waals surface area contributed by atoms with Crippen molar-refractivity contribution in [1.82, 2.24) is 15.5 Å². The van der Waals surface area contributed by atoms with Crippen LogP contribution in [0.15, 0.2) is 57.9 Å². The molecule has 0 saturated carbocycles. The van der Waals surface area contributed by atoms with Crippen LogP contribution >= 0.6 is 11.8 Å². The number of carbonyl (C=O) groups is 2. The maximum Gasteiger partial charge on any atom is 0.309 e. The highest BCUT2D eigenvalue weighted by molar-refractivity contribution is 7.99. The lowest BCUT2D eigenvalue weighted by atomic mass is 10.1. The largest absolute Gasteiger partial charge is 0.417 e. The number of hydrogen-bond donors (Lipinski definition) is 1. The number of likely N-dealkylation sites (N-methyl/N-ethyl adjacent to an activating group) is 1. The summed E-state index contributed by atoms with van der Waals surface area (Å²) in [5, 5.41) is 10.6. The first kappa shape index (κ1) is 21.8. The summed E-state index contributed by atoms with van der Waals surface area (Å²) in [5.41, 5.74) is 4.26. The Hall–Kier alpha value is -3.39. The van der Waals surface area contributed by atoms with Gasteiger partial charge < -0.3 is 14.6 Å². The van der Waals surface area contributed by atoms with Crippen LogP contribution in [0.4, 0.5) is 5.69 Å². The third-order valence-electron chi connectivity index (χ3n) is 5.42. The standard InChI is InChI=1S/C23H20N4O3S.CH4/c1-27-18-11-15-8-5-9-16(15)12-19(18)31-13-17(23(27)29)24-21(28)22-26-25-20(30-22)10-14-6-3-2-4-7-14;/h2-8,11-12,17H,9-10,13H2,1H3,(H,24,28);1H4/t17-;/m0./s1. The molecule has 1 aliphatic carbocycles. The van der Waals surface area contributed by atoms with Crippen LogP contribution in [0.5, 0.6) is 0 Å². The lowest BCUT2D eigenvalue weighted by Gasteiger charge is -2.21. The van der Waals surface area contributed by atoms with Crippen molar-refractivity contribution in [3.05, 3.63) is 77.0 Å². The van der Waals surface area contributed by atoms with Gasteiger partial charge in [-0.3, -0.25) is 9.59 Å². The van der Waals surface area contributed by atoms with E-state index in [0.717, 1.165) is 28.1 Å². The number of allylic oxidation sites excluding steroid dienone is 1. The number of thioether (sulfide) groups is 1. The molecule has 1 aliphatic heterocycles. The highest BCUT2D eigenvalue weighted by Gasteiger charge is 2.32. The molecular weight excluding hydrogens is 424 g/mol. The van der Waals surface area contributed by atoms with Crippen molar-refractivity contribution < 1.29 is 14.0 Å². The summed E-state index contributed by atoms with van der Waals surface area (Å²) in [4.78, 5) is 28.4. The molecule has 3 aromatic rings. The minimum Gasteiger partial charge on any atom is -0.417 e. The molecule has 32 heavy (non-hydrogen) atoms. The number of rotatable bonds is 4. The molecule has 7 nitrogen and oxygen atoms in total. The SMILES string of the molecule is C.CN1C(=O)[C@@H](NC(=O)c2nnc(Cc3ccccc3)o2)CSc2cc3c(cc21)C=CC3. The number of nitrogens with zero attached hydrogens (tertiary/aromatic N) is 3. The average Bonchev–Trinajstić information content (AvgIpc) is 3.42. The summed E-state index contributed by atoms with van der Waals surface area (Å²) in [5.74, 6) is -0.0811. The zero-order chi connectivity index (χ0) is 21.4. The second-order valence-electron chi connectivity index (χ2n) is 7.52. The number of nitrogens with one attached hydrogen (secondary N) is 1.